The van der Waals surface area contributed by atoms with Gasteiger partial charge in [0.2, 0.25) is 0 Å². The van der Waals surface area contributed by atoms with E-state index in [2.05, 4.69) is 37.9 Å². The predicted octanol–water partition coefficient (Wildman–Crippen LogP) is 3.86. The molecule has 0 aliphatic carbocycles. The Hall–Kier alpha value is -2.33. The molecule has 0 spiro atoms. The maximum atomic E-state index is 12.6. The Balaban J connectivity index is 1.79. The zero-order valence-electron chi connectivity index (χ0n) is 15.7. The smallest absolute Gasteiger partial charge is 0.345 e. The molecule has 0 radical (unpaired) electrons. The zero-order valence-corrected chi connectivity index (χ0v) is 15.7. The van der Waals surface area contributed by atoms with Crippen LogP contribution in [-0.2, 0) is 15.1 Å². The van der Waals surface area contributed by atoms with Gasteiger partial charge in [-0.1, -0.05) is 55.5 Å². The number of ether oxygens (including phenoxy) is 2. The van der Waals surface area contributed by atoms with E-state index in [0.717, 1.165) is 18.5 Å². The van der Waals surface area contributed by atoms with Crippen LogP contribution in [0.25, 0.3) is 0 Å². The van der Waals surface area contributed by atoms with Gasteiger partial charge in [0.1, 0.15) is 11.4 Å². The SMILES string of the molecule is C[C@@H]1C[C@](OC(=O)COc2ccccc2)(c2ccccc2)[C@@H](C)CN1C. The third-order valence-electron chi connectivity index (χ3n) is 5.37. The van der Waals surface area contributed by atoms with Crippen molar-refractivity contribution in [2.75, 3.05) is 20.2 Å². The normalized spacial score (nSPS) is 26.3. The first-order valence-corrected chi connectivity index (χ1v) is 9.17. The number of hydrogen-bond acceptors (Lipinski definition) is 4. The summed E-state index contributed by atoms with van der Waals surface area (Å²) in [6.45, 7) is 5.12. The molecule has 0 amide bonds. The summed E-state index contributed by atoms with van der Waals surface area (Å²) in [4.78, 5) is 15.0. The molecule has 1 aliphatic heterocycles. The molecule has 0 aromatic heterocycles. The molecule has 1 saturated heterocycles. The Morgan fingerprint density at radius 3 is 2.35 bits per heavy atom. The van der Waals surface area contributed by atoms with Gasteiger partial charge in [-0.25, -0.2) is 4.79 Å². The van der Waals surface area contributed by atoms with Crippen LogP contribution in [0.4, 0.5) is 0 Å². The molecule has 3 atom stereocenters. The monoisotopic (exact) mass is 353 g/mol. The van der Waals surface area contributed by atoms with Gasteiger partial charge in [0, 0.05) is 24.9 Å². The largest absolute Gasteiger partial charge is 0.482 e. The van der Waals surface area contributed by atoms with Gasteiger partial charge in [0.15, 0.2) is 6.61 Å². The molecule has 2 aromatic rings. The summed E-state index contributed by atoms with van der Waals surface area (Å²) >= 11 is 0. The number of carbonyl (C=O) groups is 1. The van der Waals surface area contributed by atoms with Crippen molar-refractivity contribution in [3.63, 3.8) is 0 Å². The van der Waals surface area contributed by atoms with Gasteiger partial charge < -0.3 is 14.4 Å². The fourth-order valence-corrected chi connectivity index (χ4v) is 3.77. The summed E-state index contributed by atoms with van der Waals surface area (Å²) in [7, 11) is 2.12. The van der Waals surface area contributed by atoms with E-state index in [1.807, 2.05) is 48.5 Å². The number of rotatable bonds is 5. The molecule has 0 saturated carbocycles. The van der Waals surface area contributed by atoms with E-state index in [0.29, 0.717) is 11.8 Å². The van der Waals surface area contributed by atoms with E-state index in [9.17, 15) is 4.79 Å². The summed E-state index contributed by atoms with van der Waals surface area (Å²) in [5, 5.41) is 0. The van der Waals surface area contributed by atoms with Crippen molar-refractivity contribution in [3.8, 4) is 5.75 Å². The van der Waals surface area contributed by atoms with Gasteiger partial charge >= 0.3 is 5.97 Å². The lowest BCUT2D eigenvalue weighted by Gasteiger charge is -2.48. The maximum Gasteiger partial charge on any atom is 0.345 e. The molecule has 0 unspecified atom stereocenters. The van der Waals surface area contributed by atoms with E-state index >= 15 is 0 Å². The second-order valence-electron chi connectivity index (χ2n) is 7.23. The van der Waals surface area contributed by atoms with E-state index in [-0.39, 0.29) is 18.5 Å². The average molecular weight is 353 g/mol. The van der Waals surface area contributed by atoms with Gasteiger partial charge in [-0.3, -0.25) is 0 Å². The molecule has 2 aromatic carbocycles. The van der Waals surface area contributed by atoms with Crippen molar-refractivity contribution >= 4 is 5.97 Å². The fourth-order valence-electron chi connectivity index (χ4n) is 3.77. The lowest BCUT2D eigenvalue weighted by molar-refractivity contribution is -0.180. The van der Waals surface area contributed by atoms with Crippen molar-refractivity contribution in [3.05, 3.63) is 66.2 Å². The van der Waals surface area contributed by atoms with Crippen LogP contribution in [0.15, 0.2) is 60.7 Å². The molecule has 0 bridgehead atoms. The lowest BCUT2D eigenvalue weighted by Crippen LogP contribution is -2.54. The Bertz CT molecular complexity index is 719. The molecule has 4 heteroatoms. The van der Waals surface area contributed by atoms with E-state index in [1.54, 1.807) is 0 Å². The number of nitrogens with zero attached hydrogens (tertiary/aromatic N) is 1. The van der Waals surface area contributed by atoms with Crippen LogP contribution in [0.1, 0.15) is 25.8 Å². The molecule has 4 nitrogen and oxygen atoms in total. The molecular formula is C22H27NO3. The Morgan fingerprint density at radius 1 is 1.08 bits per heavy atom. The number of piperidine rings is 1. The first kappa shape index (κ1) is 18.5. The first-order chi connectivity index (χ1) is 12.5. The van der Waals surface area contributed by atoms with Crippen molar-refractivity contribution in [2.45, 2.75) is 31.9 Å². The van der Waals surface area contributed by atoms with Gasteiger partial charge in [-0.2, -0.15) is 0 Å². The van der Waals surface area contributed by atoms with Gasteiger partial charge in [-0.15, -0.1) is 0 Å². The average Bonchev–Trinajstić information content (AvgIpc) is 2.66. The fraction of sp³-hybridized carbons (Fsp3) is 0.409. The van der Waals surface area contributed by atoms with Gasteiger partial charge in [-0.05, 0) is 31.7 Å². The summed E-state index contributed by atoms with van der Waals surface area (Å²) in [5.41, 5.74) is 0.435. The summed E-state index contributed by atoms with van der Waals surface area (Å²) in [6.07, 6.45) is 0.770. The third-order valence-corrected chi connectivity index (χ3v) is 5.37. The number of hydrogen-bond donors (Lipinski definition) is 0. The van der Waals surface area contributed by atoms with Crippen molar-refractivity contribution < 1.29 is 14.3 Å². The standard InChI is InChI=1S/C22H27NO3/c1-17-15-23(3)18(2)14-22(17,19-10-6-4-7-11-19)26-21(24)16-25-20-12-8-5-9-13-20/h4-13,17-18H,14-16H2,1-3H3/t17-,18+,22+/m0/s1. The van der Waals surface area contributed by atoms with Crippen LogP contribution in [0.2, 0.25) is 0 Å². The van der Waals surface area contributed by atoms with Crippen LogP contribution in [0.3, 0.4) is 0 Å². The highest BCUT2D eigenvalue weighted by molar-refractivity contribution is 5.72. The topological polar surface area (TPSA) is 38.8 Å². The lowest BCUT2D eigenvalue weighted by atomic mass is 9.74. The van der Waals surface area contributed by atoms with Crippen molar-refractivity contribution in [2.24, 2.45) is 5.92 Å². The molecule has 0 N–H and O–H groups in total. The quantitative estimate of drug-likeness (QED) is 0.765. The van der Waals surface area contributed by atoms with E-state index < -0.39 is 5.60 Å². The minimum atomic E-state index is -0.621. The van der Waals surface area contributed by atoms with Crippen LogP contribution >= 0.6 is 0 Å². The minimum absolute atomic E-state index is 0.0878. The number of carbonyl (C=O) groups excluding carboxylic acids is 1. The Morgan fingerprint density at radius 2 is 1.69 bits per heavy atom. The predicted molar refractivity (Wildman–Crippen MR) is 102 cm³/mol. The number of esters is 1. The van der Waals surface area contributed by atoms with Gasteiger partial charge in [0.05, 0.1) is 0 Å². The van der Waals surface area contributed by atoms with Crippen LogP contribution in [0.5, 0.6) is 5.75 Å². The second kappa shape index (κ2) is 7.92. The first-order valence-electron chi connectivity index (χ1n) is 9.17. The van der Waals surface area contributed by atoms with Crippen LogP contribution in [-0.4, -0.2) is 37.1 Å². The molecule has 1 fully saturated rings. The summed E-state index contributed by atoms with van der Waals surface area (Å²) < 4.78 is 11.7. The van der Waals surface area contributed by atoms with Crippen LogP contribution < -0.4 is 4.74 Å². The molecule has 26 heavy (non-hydrogen) atoms. The molecular weight excluding hydrogens is 326 g/mol. The number of para-hydroxylation sites is 1. The number of likely N-dealkylation sites (tertiary alicyclic amines) is 1. The highest BCUT2D eigenvalue weighted by Gasteiger charge is 2.47. The van der Waals surface area contributed by atoms with E-state index in [1.165, 1.54) is 0 Å². The number of benzene rings is 2. The zero-order chi connectivity index (χ0) is 18.6. The molecule has 1 heterocycles. The minimum Gasteiger partial charge on any atom is -0.482 e. The van der Waals surface area contributed by atoms with Crippen molar-refractivity contribution in [1.82, 2.24) is 4.90 Å². The highest BCUT2D eigenvalue weighted by Crippen LogP contribution is 2.42. The Kier molecular flexibility index (Phi) is 5.62. The Labute approximate surface area is 155 Å². The molecule has 1 aliphatic rings. The summed E-state index contributed by atoms with van der Waals surface area (Å²) in [5.74, 6) is 0.524. The third kappa shape index (κ3) is 3.91. The maximum absolute atomic E-state index is 12.6. The summed E-state index contributed by atoms with van der Waals surface area (Å²) in [6, 6.07) is 19.8. The molecule has 3 rings (SSSR count). The second-order valence-corrected chi connectivity index (χ2v) is 7.23. The molecule has 138 valence electrons. The highest BCUT2D eigenvalue weighted by atomic mass is 16.6. The van der Waals surface area contributed by atoms with E-state index in [4.69, 9.17) is 9.47 Å². The van der Waals surface area contributed by atoms with Crippen LogP contribution in [0, 0.1) is 5.92 Å². The van der Waals surface area contributed by atoms with Crippen molar-refractivity contribution in [1.29, 1.82) is 0 Å². The van der Waals surface area contributed by atoms with Gasteiger partial charge in [0.25, 0.3) is 0 Å².